The highest BCUT2D eigenvalue weighted by molar-refractivity contribution is 5.78. The van der Waals surface area contributed by atoms with Crippen molar-refractivity contribution < 1.29 is 9.84 Å². The normalized spacial score (nSPS) is 12.5. The Balaban J connectivity index is 1.59. The van der Waals surface area contributed by atoms with Crippen LogP contribution < -0.4 is 0 Å². The van der Waals surface area contributed by atoms with Crippen molar-refractivity contribution in [1.29, 1.82) is 0 Å². The molecule has 0 fully saturated rings. The number of aromatic amines is 1. The van der Waals surface area contributed by atoms with Gasteiger partial charge in [0.2, 0.25) is 0 Å². The molecule has 0 aliphatic heterocycles. The maximum absolute atomic E-state index is 9.28. The van der Waals surface area contributed by atoms with Gasteiger partial charge in [0.15, 0.2) is 0 Å². The second-order valence-electron chi connectivity index (χ2n) is 6.18. The molecule has 4 aromatic rings. The third-order valence-corrected chi connectivity index (χ3v) is 4.44. The number of ether oxygens (including phenoxy) is 1. The van der Waals surface area contributed by atoms with Gasteiger partial charge in [-0.25, -0.2) is 9.97 Å². The van der Waals surface area contributed by atoms with E-state index in [9.17, 15) is 5.11 Å². The van der Waals surface area contributed by atoms with Crippen LogP contribution in [-0.2, 0) is 18.0 Å². The third kappa shape index (κ3) is 3.24. The topological polar surface area (TPSA) is 76.0 Å². The predicted molar refractivity (Wildman–Crippen MR) is 98.8 cm³/mol. The SMILES string of the molecule is CC(OCc1ncc[nH]1)c1cccc(-n2cnc3cc(CO)ccc32)c1. The van der Waals surface area contributed by atoms with E-state index in [1.54, 1.807) is 18.7 Å². The minimum atomic E-state index is -0.0594. The zero-order valence-electron chi connectivity index (χ0n) is 14.5. The molecule has 0 aliphatic carbocycles. The lowest BCUT2D eigenvalue weighted by atomic mass is 10.1. The summed E-state index contributed by atoms with van der Waals surface area (Å²) in [5.74, 6) is 0.813. The summed E-state index contributed by atoms with van der Waals surface area (Å²) >= 11 is 0. The standard InChI is InChI=1S/C20H20N4O2/c1-14(26-12-20-21-7-8-22-20)16-3-2-4-17(10-16)24-13-23-18-9-15(11-25)5-6-19(18)24/h2-10,13-14,25H,11-12H2,1H3,(H,21,22). The van der Waals surface area contributed by atoms with Gasteiger partial charge in [-0.15, -0.1) is 0 Å². The van der Waals surface area contributed by atoms with Crippen molar-refractivity contribution in [3.05, 3.63) is 78.1 Å². The summed E-state index contributed by atoms with van der Waals surface area (Å²) in [5.41, 5.74) is 4.84. The largest absolute Gasteiger partial charge is 0.392 e. The molecular weight excluding hydrogens is 328 g/mol. The van der Waals surface area contributed by atoms with Crippen LogP contribution in [0.5, 0.6) is 0 Å². The number of aliphatic hydroxyl groups excluding tert-OH is 1. The van der Waals surface area contributed by atoms with Crippen LogP contribution >= 0.6 is 0 Å². The minimum absolute atomic E-state index is 0.0167. The third-order valence-electron chi connectivity index (χ3n) is 4.44. The van der Waals surface area contributed by atoms with Crippen LogP contribution in [0.3, 0.4) is 0 Å². The van der Waals surface area contributed by atoms with Crippen molar-refractivity contribution in [3.8, 4) is 5.69 Å². The van der Waals surface area contributed by atoms with Crippen molar-refractivity contribution in [2.75, 3.05) is 0 Å². The van der Waals surface area contributed by atoms with E-state index < -0.39 is 0 Å². The van der Waals surface area contributed by atoms with E-state index >= 15 is 0 Å². The minimum Gasteiger partial charge on any atom is -0.392 e. The monoisotopic (exact) mass is 348 g/mol. The molecular formula is C20H20N4O2. The van der Waals surface area contributed by atoms with Gasteiger partial charge in [-0.05, 0) is 42.3 Å². The number of H-pyrrole nitrogens is 1. The molecule has 0 amide bonds. The highest BCUT2D eigenvalue weighted by Gasteiger charge is 2.10. The molecule has 6 nitrogen and oxygen atoms in total. The van der Waals surface area contributed by atoms with Gasteiger partial charge in [0, 0.05) is 18.1 Å². The maximum Gasteiger partial charge on any atom is 0.132 e. The molecule has 4 rings (SSSR count). The average molecular weight is 348 g/mol. The first-order chi connectivity index (χ1) is 12.7. The van der Waals surface area contributed by atoms with Crippen LogP contribution in [0.4, 0.5) is 0 Å². The van der Waals surface area contributed by atoms with Gasteiger partial charge in [-0.2, -0.15) is 0 Å². The molecule has 26 heavy (non-hydrogen) atoms. The first-order valence-electron chi connectivity index (χ1n) is 8.51. The van der Waals surface area contributed by atoms with Crippen LogP contribution in [0.15, 0.2) is 61.2 Å². The fourth-order valence-electron chi connectivity index (χ4n) is 2.97. The van der Waals surface area contributed by atoms with Crippen molar-refractivity contribution in [1.82, 2.24) is 19.5 Å². The molecule has 0 spiro atoms. The summed E-state index contributed by atoms with van der Waals surface area (Å²) < 4.78 is 7.96. The fraction of sp³-hybridized carbons (Fsp3) is 0.200. The van der Waals surface area contributed by atoms with Crippen molar-refractivity contribution in [2.24, 2.45) is 0 Å². The first-order valence-corrected chi connectivity index (χ1v) is 8.51. The van der Waals surface area contributed by atoms with E-state index in [4.69, 9.17) is 4.74 Å². The number of hydrogen-bond acceptors (Lipinski definition) is 4. The average Bonchev–Trinajstić information content (AvgIpc) is 3.35. The van der Waals surface area contributed by atoms with E-state index in [2.05, 4.69) is 27.1 Å². The van der Waals surface area contributed by atoms with Crippen LogP contribution in [-0.4, -0.2) is 24.6 Å². The second-order valence-corrected chi connectivity index (χ2v) is 6.18. The number of nitrogens with zero attached hydrogens (tertiary/aromatic N) is 3. The number of nitrogens with one attached hydrogen (secondary N) is 1. The van der Waals surface area contributed by atoms with E-state index in [-0.39, 0.29) is 12.7 Å². The summed E-state index contributed by atoms with van der Waals surface area (Å²) in [6.07, 6.45) is 5.25. The molecule has 2 N–H and O–H groups in total. The molecule has 0 bridgehead atoms. The molecule has 1 unspecified atom stereocenters. The van der Waals surface area contributed by atoms with Crippen LogP contribution in [0.25, 0.3) is 16.7 Å². The van der Waals surface area contributed by atoms with E-state index in [1.807, 2.05) is 41.8 Å². The molecule has 0 saturated carbocycles. The number of fused-ring (bicyclic) bond motifs is 1. The zero-order chi connectivity index (χ0) is 17.9. The number of benzene rings is 2. The number of hydrogen-bond donors (Lipinski definition) is 2. The van der Waals surface area contributed by atoms with E-state index in [0.29, 0.717) is 6.61 Å². The summed E-state index contributed by atoms with van der Waals surface area (Å²) in [7, 11) is 0. The van der Waals surface area contributed by atoms with Gasteiger partial charge >= 0.3 is 0 Å². The molecule has 2 aromatic carbocycles. The van der Waals surface area contributed by atoms with Gasteiger partial charge in [0.1, 0.15) is 18.8 Å². The molecule has 0 aliphatic rings. The lowest BCUT2D eigenvalue weighted by Crippen LogP contribution is -2.03. The number of aliphatic hydroxyl groups is 1. The lowest BCUT2D eigenvalue weighted by Gasteiger charge is -2.14. The van der Waals surface area contributed by atoms with E-state index in [0.717, 1.165) is 33.7 Å². The zero-order valence-corrected chi connectivity index (χ0v) is 14.5. The number of imidazole rings is 2. The summed E-state index contributed by atoms with van der Waals surface area (Å²) in [4.78, 5) is 11.7. The second kappa shape index (κ2) is 7.11. The summed E-state index contributed by atoms with van der Waals surface area (Å²) in [6.45, 7) is 2.49. The molecule has 132 valence electrons. The Morgan fingerprint density at radius 2 is 2.12 bits per heavy atom. The predicted octanol–water partition coefficient (Wildman–Crippen LogP) is 3.52. The van der Waals surface area contributed by atoms with Gasteiger partial charge in [0.25, 0.3) is 0 Å². The highest BCUT2D eigenvalue weighted by Crippen LogP contribution is 2.24. The Labute approximate surface area is 151 Å². The maximum atomic E-state index is 9.28. The Morgan fingerprint density at radius 1 is 1.19 bits per heavy atom. The van der Waals surface area contributed by atoms with Crippen LogP contribution in [0.1, 0.15) is 30.0 Å². The van der Waals surface area contributed by atoms with Crippen LogP contribution in [0, 0.1) is 0 Å². The van der Waals surface area contributed by atoms with Gasteiger partial charge in [0.05, 0.1) is 23.7 Å². The molecule has 2 aromatic heterocycles. The quantitative estimate of drug-likeness (QED) is 0.559. The van der Waals surface area contributed by atoms with Gasteiger partial charge in [-0.1, -0.05) is 18.2 Å². The molecule has 0 saturated heterocycles. The summed E-state index contributed by atoms with van der Waals surface area (Å²) in [5, 5.41) is 9.28. The molecule has 2 heterocycles. The highest BCUT2D eigenvalue weighted by atomic mass is 16.5. The van der Waals surface area contributed by atoms with Gasteiger partial charge in [-0.3, -0.25) is 4.57 Å². The Kier molecular flexibility index (Phi) is 4.51. The molecule has 6 heteroatoms. The Hall–Kier alpha value is -2.96. The van der Waals surface area contributed by atoms with E-state index in [1.165, 1.54) is 0 Å². The lowest BCUT2D eigenvalue weighted by molar-refractivity contribution is 0.0487. The first kappa shape index (κ1) is 16.5. The number of rotatable bonds is 6. The smallest absolute Gasteiger partial charge is 0.132 e. The Morgan fingerprint density at radius 3 is 2.92 bits per heavy atom. The van der Waals surface area contributed by atoms with Crippen LogP contribution in [0.2, 0.25) is 0 Å². The number of aromatic nitrogens is 4. The van der Waals surface area contributed by atoms with Gasteiger partial charge < -0.3 is 14.8 Å². The summed E-state index contributed by atoms with van der Waals surface area (Å²) in [6, 6.07) is 14.0. The molecule has 1 atom stereocenters. The molecule has 0 radical (unpaired) electrons. The van der Waals surface area contributed by atoms with Crippen molar-refractivity contribution >= 4 is 11.0 Å². The van der Waals surface area contributed by atoms with Crippen molar-refractivity contribution in [3.63, 3.8) is 0 Å². The Bertz CT molecular complexity index is 1010. The van der Waals surface area contributed by atoms with Crippen molar-refractivity contribution in [2.45, 2.75) is 26.2 Å². The fourth-order valence-corrected chi connectivity index (χ4v) is 2.97.